The highest BCUT2D eigenvalue weighted by atomic mass is 16.5. The minimum atomic E-state index is -0.377. The number of anilines is 1. The van der Waals surface area contributed by atoms with E-state index in [-0.39, 0.29) is 11.6 Å². The molecule has 1 aromatic carbocycles. The molecule has 0 saturated heterocycles. The average Bonchev–Trinajstić information content (AvgIpc) is 2.90. The van der Waals surface area contributed by atoms with Crippen LogP contribution in [-0.4, -0.2) is 32.4 Å². The molecule has 106 valence electrons. The third-order valence-electron chi connectivity index (χ3n) is 2.79. The summed E-state index contributed by atoms with van der Waals surface area (Å²) in [6, 6.07) is 9.01. The molecule has 0 fully saturated rings. The van der Waals surface area contributed by atoms with Gasteiger partial charge in [-0.05, 0) is 19.1 Å². The molecule has 0 bridgehead atoms. The predicted octanol–water partition coefficient (Wildman–Crippen LogP) is 2.00. The van der Waals surface area contributed by atoms with Gasteiger partial charge in [0, 0.05) is 6.07 Å². The zero-order chi connectivity index (χ0) is 14.7. The first kappa shape index (κ1) is 13.0. The molecule has 7 heteroatoms. The van der Waals surface area contributed by atoms with Crippen molar-refractivity contribution in [1.29, 1.82) is 0 Å². The maximum Gasteiger partial charge on any atom is 0.276 e. The Morgan fingerprint density at radius 2 is 2.19 bits per heavy atom. The number of H-pyrrole nitrogens is 1. The molecular formula is C14H13N5O2. The number of benzene rings is 1. The Morgan fingerprint density at radius 3 is 3.00 bits per heavy atom. The van der Waals surface area contributed by atoms with Gasteiger partial charge in [0.1, 0.15) is 12.0 Å². The fraction of sp³-hybridized carbons (Fsp3) is 0.143. The number of hydrogen-bond acceptors (Lipinski definition) is 5. The van der Waals surface area contributed by atoms with Crippen LogP contribution in [0.15, 0.2) is 36.7 Å². The number of fused-ring (bicyclic) bond motifs is 1. The summed E-state index contributed by atoms with van der Waals surface area (Å²) in [4.78, 5) is 27.3. The summed E-state index contributed by atoms with van der Waals surface area (Å²) in [5.74, 6) is 0.359. The lowest BCUT2D eigenvalue weighted by atomic mass is 10.3. The molecule has 0 aliphatic rings. The smallest absolute Gasteiger partial charge is 0.276 e. The number of ether oxygens (including phenoxy) is 1. The number of carbonyl (C=O) groups is 1. The number of nitrogens with one attached hydrogen (secondary N) is 2. The quantitative estimate of drug-likeness (QED) is 0.764. The fourth-order valence-electron chi connectivity index (χ4n) is 1.87. The normalized spacial score (nSPS) is 10.5. The van der Waals surface area contributed by atoms with Crippen LogP contribution in [0.25, 0.3) is 11.0 Å². The molecule has 3 aromatic rings. The fourth-order valence-corrected chi connectivity index (χ4v) is 1.87. The summed E-state index contributed by atoms with van der Waals surface area (Å²) in [5, 5.41) is 2.67. The Labute approximate surface area is 120 Å². The summed E-state index contributed by atoms with van der Waals surface area (Å²) in [6.45, 7) is 2.32. The molecule has 2 N–H and O–H groups in total. The van der Waals surface area contributed by atoms with E-state index in [0.717, 1.165) is 11.0 Å². The van der Waals surface area contributed by atoms with Crippen molar-refractivity contribution in [2.45, 2.75) is 6.92 Å². The predicted molar refractivity (Wildman–Crippen MR) is 77.2 cm³/mol. The van der Waals surface area contributed by atoms with Gasteiger partial charge in [-0.3, -0.25) is 10.1 Å². The largest absolute Gasteiger partial charge is 0.478 e. The van der Waals surface area contributed by atoms with Gasteiger partial charge in [0.05, 0.1) is 17.6 Å². The Bertz CT molecular complexity index is 751. The number of hydrogen-bond donors (Lipinski definition) is 2. The number of aromatic amines is 1. The highest BCUT2D eigenvalue weighted by molar-refractivity contribution is 6.02. The van der Waals surface area contributed by atoms with E-state index in [1.807, 2.05) is 31.2 Å². The Morgan fingerprint density at radius 1 is 1.33 bits per heavy atom. The van der Waals surface area contributed by atoms with Crippen molar-refractivity contribution >= 4 is 22.9 Å². The van der Waals surface area contributed by atoms with Crippen LogP contribution in [-0.2, 0) is 0 Å². The highest BCUT2D eigenvalue weighted by Gasteiger charge is 2.11. The summed E-state index contributed by atoms with van der Waals surface area (Å²) in [5.41, 5.74) is 1.85. The monoisotopic (exact) mass is 283 g/mol. The zero-order valence-corrected chi connectivity index (χ0v) is 11.3. The van der Waals surface area contributed by atoms with Crippen molar-refractivity contribution in [3.63, 3.8) is 0 Å². The Hall–Kier alpha value is -2.96. The second kappa shape index (κ2) is 5.58. The molecule has 0 radical (unpaired) electrons. The van der Waals surface area contributed by atoms with Crippen LogP contribution in [0.3, 0.4) is 0 Å². The van der Waals surface area contributed by atoms with Crippen molar-refractivity contribution in [3.8, 4) is 5.88 Å². The van der Waals surface area contributed by atoms with Crippen LogP contribution >= 0.6 is 0 Å². The van der Waals surface area contributed by atoms with Crippen molar-refractivity contribution < 1.29 is 9.53 Å². The lowest BCUT2D eigenvalue weighted by Crippen LogP contribution is -2.15. The summed E-state index contributed by atoms with van der Waals surface area (Å²) < 4.78 is 5.24. The molecule has 0 unspecified atom stereocenters. The van der Waals surface area contributed by atoms with Gasteiger partial charge < -0.3 is 9.72 Å². The van der Waals surface area contributed by atoms with E-state index in [1.54, 1.807) is 0 Å². The summed E-state index contributed by atoms with van der Waals surface area (Å²) in [6.07, 6.45) is 1.29. The number of amides is 1. The Kier molecular flexibility index (Phi) is 3.46. The van der Waals surface area contributed by atoms with Gasteiger partial charge in [-0.15, -0.1) is 0 Å². The Balaban J connectivity index is 1.80. The molecule has 0 aliphatic heterocycles. The lowest BCUT2D eigenvalue weighted by molar-refractivity contribution is 0.102. The van der Waals surface area contributed by atoms with E-state index in [4.69, 9.17) is 4.74 Å². The van der Waals surface area contributed by atoms with Crippen LogP contribution in [0.2, 0.25) is 0 Å². The maximum absolute atomic E-state index is 12.1. The average molecular weight is 283 g/mol. The standard InChI is InChI=1S/C14H13N5O2/c1-2-21-12-7-11(15-8-16-12)13(20)19-14-17-9-5-3-4-6-10(9)18-14/h3-8H,2H2,1H3,(H2,17,18,19,20). The maximum atomic E-state index is 12.1. The van der Waals surface area contributed by atoms with Crippen LogP contribution in [0.1, 0.15) is 17.4 Å². The first-order chi connectivity index (χ1) is 10.3. The molecule has 1 amide bonds. The van der Waals surface area contributed by atoms with Gasteiger partial charge in [0.25, 0.3) is 5.91 Å². The highest BCUT2D eigenvalue weighted by Crippen LogP contribution is 2.14. The van der Waals surface area contributed by atoms with Gasteiger partial charge in [0.2, 0.25) is 11.8 Å². The van der Waals surface area contributed by atoms with Crippen molar-refractivity contribution in [3.05, 3.63) is 42.4 Å². The molecular weight excluding hydrogens is 270 g/mol. The molecule has 7 nitrogen and oxygen atoms in total. The molecule has 0 saturated carbocycles. The van der Waals surface area contributed by atoms with E-state index in [9.17, 15) is 4.79 Å². The zero-order valence-electron chi connectivity index (χ0n) is 11.3. The third-order valence-corrected chi connectivity index (χ3v) is 2.79. The second-order valence-corrected chi connectivity index (χ2v) is 4.23. The molecule has 0 spiro atoms. The van der Waals surface area contributed by atoms with Crippen molar-refractivity contribution in [1.82, 2.24) is 19.9 Å². The molecule has 2 heterocycles. The minimum Gasteiger partial charge on any atom is -0.478 e. The minimum absolute atomic E-state index is 0.217. The number of imidazole rings is 1. The molecule has 0 aliphatic carbocycles. The number of para-hydroxylation sites is 2. The number of nitrogens with zero attached hydrogens (tertiary/aromatic N) is 3. The van der Waals surface area contributed by atoms with Crippen LogP contribution in [0.4, 0.5) is 5.95 Å². The SMILES string of the molecule is CCOc1cc(C(=O)Nc2nc3ccccc3[nH]2)ncn1. The lowest BCUT2D eigenvalue weighted by Gasteiger charge is -2.03. The van der Waals surface area contributed by atoms with Crippen molar-refractivity contribution in [2.75, 3.05) is 11.9 Å². The molecule has 0 atom stereocenters. The van der Waals surface area contributed by atoms with Crippen molar-refractivity contribution in [2.24, 2.45) is 0 Å². The first-order valence-corrected chi connectivity index (χ1v) is 6.47. The van der Waals surface area contributed by atoms with Gasteiger partial charge in [-0.25, -0.2) is 15.0 Å². The van der Waals surface area contributed by atoms with Crippen LogP contribution in [0, 0.1) is 0 Å². The van der Waals surface area contributed by atoms with Crippen LogP contribution in [0.5, 0.6) is 5.88 Å². The summed E-state index contributed by atoms with van der Waals surface area (Å²) in [7, 11) is 0. The molecule has 2 aromatic heterocycles. The van der Waals surface area contributed by atoms with E-state index in [0.29, 0.717) is 18.4 Å². The number of carbonyl (C=O) groups excluding carboxylic acids is 1. The second-order valence-electron chi connectivity index (χ2n) is 4.23. The van der Waals surface area contributed by atoms with Crippen LogP contribution < -0.4 is 10.1 Å². The van der Waals surface area contributed by atoms with E-state index < -0.39 is 0 Å². The van der Waals surface area contributed by atoms with Gasteiger partial charge in [-0.2, -0.15) is 0 Å². The first-order valence-electron chi connectivity index (χ1n) is 6.47. The third kappa shape index (κ3) is 2.81. The van der Waals surface area contributed by atoms with E-state index in [1.165, 1.54) is 12.4 Å². The van der Waals surface area contributed by atoms with Gasteiger partial charge in [-0.1, -0.05) is 12.1 Å². The van der Waals surface area contributed by atoms with Gasteiger partial charge in [0.15, 0.2) is 0 Å². The molecule has 3 rings (SSSR count). The topological polar surface area (TPSA) is 92.8 Å². The summed E-state index contributed by atoms with van der Waals surface area (Å²) >= 11 is 0. The molecule has 21 heavy (non-hydrogen) atoms. The number of aromatic nitrogens is 4. The van der Waals surface area contributed by atoms with Gasteiger partial charge >= 0.3 is 0 Å². The van der Waals surface area contributed by atoms with E-state index in [2.05, 4.69) is 25.3 Å². The van der Waals surface area contributed by atoms with E-state index >= 15 is 0 Å². The number of rotatable bonds is 4.